The Balaban J connectivity index is 2.97. The first kappa shape index (κ1) is 36.7. The van der Waals surface area contributed by atoms with Gasteiger partial charge in [-0.15, -0.1) is 0 Å². The Labute approximate surface area is 246 Å². The normalized spacial score (nSPS) is 19.7. The smallest absolute Gasteiger partial charge is 0.333 e. The molecule has 0 aromatic carbocycles. The van der Waals surface area contributed by atoms with E-state index in [-0.39, 0.29) is 81.8 Å². The molecule has 1 rings (SSSR count). The molecule has 0 amide bonds. The van der Waals surface area contributed by atoms with Gasteiger partial charge in [-0.25, -0.2) is 19.2 Å². The van der Waals surface area contributed by atoms with Gasteiger partial charge in [0.25, 0.3) is 0 Å². The highest BCUT2D eigenvalue weighted by Crippen LogP contribution is 2.25. The molecule has 0 bridgehead atoms. The van der Waals surface area contributed by atoms with Gasteiger partial charge in [0.1, 0.15) is 44.7 Å². The summed E-state index contributed by atoms with van der Waals surface area (Å²) in [6.45, 7) is 19.7. The number of carbonyl (C=O) groups is 4. The number of carbonyl (C=O) groups excluding carboxylic acids is 4. The third-order valence-electron chi connectivity index (χ3n) is 5.28. The van der Waals surface area contributed by atoms with Gasteiger partial charge >= 0.3 is 23.9 Å². The summed E-state index contributed by atoms with van der Waals surface area (Å²) in [4.78, 5) is 46.9. The van der Waals surface area contributed by atoms with Crippen LogP contribution in [-0.2, 0) is 61.8 Å². The standard InChI is InChI=1S/C29H42O13/c1-18(2)25(30)37-12-9-34-22-17-42-29(41-16-15-40-28(33)21(7)8)24(36-11-14-39-27(32)20(5)6)23(22)35-10-13-38-26(31)19(3)4/h22-24,29H,1,3,5,7,9-17H2,2,4,6,8H3/t22-,23-,24?,29?/m1/s1. The molecule has 2 unspecified atom stereocenters. The molecule has 0 radical (unpaired) electrons. The lowest BCUT2D eigenvalue weighted by Gasteiger charge is -2.41. The predicted octanol–water partition coefficient (Wildman–Crippen LogP) is 1.99. The molecule has 13 heteroatoms. The first-order valence-corrected chi connectivity index (χ1v) is 13.2. The van der Waals surface area contributed by atoms with Crippen LogP contribution in [0.15, 0.2) is 48.6 Å². The molecule has 1 aliphatic heterocycles. The zero-order chi connectivity index (χ0) is 31.7. The van der Waals surface area contributed by atoms with Gasteiger partial charge in [-0.3, -0.25) is 0 Å². The topological polar surface area (TPSA) is 151 Å². The van der Waals surface area contributed by atoms with Gasteiger partial charge in [0.15, 0.2) is 6.29 Å². The fourth-order valence-electron chi connectivity index (χ4n) is 3.17. The van der Waals surface area contributed by atoms with Gasteiger partial charge in [0.05, 0.1) is 33.0 Å². The van der Waals surface area contributed by atoms with Crippen molar-refractivity contribution in [1.82, 2.24) is 0 Å². The maximum Gasteiger partial charge on any atom is 0.333 e. The lowest BCUT2D eigenvalue weighted by Crippen LogP contribution is -2.57. The van der Waals surface area contributed by atoms with E-state index in [1.807, 2.05) is 0 Å². The van der Waals surface area contributed by atoms with E-state index < -0.39 is 48.5 Å². The Bertz CT molecular complexity index is 908. The zero-order valence-corrected chi connectivity index (χ0v) is 24.8. The maximum absolute atomic E-state index is 11.8. The highest BCUT2D eigenvalue weighted by atomic mass is 16.7. The molecule has 13 nitrogen and oxygen atoms in total. The monoisotopic (exact) mass is 598 g/mol. The molecule has 1 heterocycles. The third-order valence-corrected chi connectivity index (χ3v) is 5.28. The second-order valence-electron chi connectivity index (χ2n) is 9.32. The minimum atomic E-state index is -1.01. The van der Waals surface area contributed by atoms with E-state index in [2.05, 4.69) is 26.3 Å². The summed E-state index contributed by atoms with van der Waals surface area (Å²) < 4.78 is 49.9. The molecule has 0 aromatic heterocycles. The molecular weight excluding hydrogens is 556 g/mol. The number of rotatable bonds is 20. The summed E-state index contributed by atoms with van der Waals surface area (Å²) in [5.74, 6) is -2.28. The van der Waals surface area contributed by atoms with Crippen LogP contribution in [0.2, 0.25) is 0 Å². The van der Waals surface area contributed by atoms with Crippen LogP contribution >= 0.6 is 0 Å². The number of hydrogen-bond donors (Lipinski definition) is 0. The minimum absolute atomic E-state index is 0.00285. The van der Waals surface area contributed by atoms with Gasteiger partial charge in [0.2, 0.25) is 0 Å². The summed E-state index contributed by atoms with van der Waals surface area (Å²) in [7, 11) is 0. The summed E-state index contributed by atoms with van der Waals surface area (Å²) in [5.41, 5.74) is 0.950. The fraction of sp³-hybridized carbons (Fsp3) is 0.586. The molecule has 0 spiro atoms. The van der Waals surface area contributed by atoms with E-state index in [1.54, 1.807) is 0 Å². The molecule has 0 saturated carbocycles. The van der Waals surface area contributed by atoms with Gasteiger partial charge in [-0.05, 0) is 27.7 Å². The van der Waals surface area contributed by atoms with E-state index >= 15 is 0 Å². The van der Waals surface area contributed by atoms with Crippen LogP contribution in [0.1, 0.15) is 27.7 Å². The van der Waals surface area contributed by atoms with Gasteiger partial charge < -0.3 is 42.6 Å². The lowest BCUT2D eigenvalue weighted by atomic mass is 10.0. The van der Waals surface area contributed by atoms with E-state index in [9.17, 15) is 19.2 Å². The second kappa shape index (κ2) is 19.7. The van der Waals surface area contributed by atoms with Gasteiger partial charge in [-0.1, -0.05) is 26.3 Å². The van der Waals surface area contributed by atoms with E-state index in [4.69, 9.17) is 42.6 Å². The Morgan fingerprint density at radius 2 is 0.857 bits per heavy atom. The summed E-state index contributed by atoms with van der Waals surface area (Å²) in [6, 6.07) is 0. The Hall–Kier alpha value is -3.36. The van der Waals surface area contributed by atoms with Gasteiger partial charge in [-0.2, -0.15) is 0 Å². The Morgan fingerprint density at radius 3 is 1.24 bits per heavy atom. The van der Waals surface area contributed by atoms with Crippen LogP contribution in [0.25, 0.3) is 0 Å². The van der Waals surface area contributed by atoms with Gasteiger partial charge in [0, 0.05) is 22.3 Å². The average molecular weight is 599 g/mol. The highest BCUT2D eigenvalue weighted by molar-refractivity contribution is 5.88. The second-order valence-corrected chi connectivity index (χ2v) is 9.32. The van der Waals surface area contributed by atoms with Crippen molar-refractivity contribution in [2.75, 3.05) is 59.5 Å². The van der Waals surface area contributed by atoms with Crippen molar-refractivity contribution in [3.05, 3.63) is 48.6 Å². The molecular formula is C29H42O13. The van der Waals surface area contributed by atoms with Crippen molar-refractivity contribution in [2.45, 2.75) is 52.3 Å². The predicted molar refractivity (Wildman–Crippen MR) is 148 cm³/mol. The SMILES string of the molecule is C=C(C)C(=O)OCCOC1OC[C@@H](OCCOC(=O)C(=C)C)[C@@H](OCCOC(=O)C(=C)C)C1OCCOC(=O)C(=C)C. The van der Waals surface area contributed by atoms with E-state index in [1.165, 1.54) is 27.7 Å². The fourth-order valence-corrected chi connectivity index (χ4v) is 3.17. The molecule has 42 heavy (non-hydrogen) atoms. The summed E-state index contributed by atoms with van der Waals surface area (Å²) >= 11 is 0. The van der Waals surface area contributed by atoms with E-state index in [0.29, 0.717) is 0 Å². The van der Waals surface area contributed by atoms with Crippen molar-refractivity contribution in [3.63, 3.8) is 0 Å². The lowest BCUT2D eigenvalue weighted by molar-refractivity contribution is -0.297. The molecule has 0 aliphatic carbocycles. The Morgan fingerprint density at radius 1 is 0.524 bits per heavy atom. The zero-order valence-electron chi connectivity index (χ0n) is 24.8. The molecule has 1 fully saturated rings. The van der Waals surface area contributed by atoms with Crippen molar-refractivity contribution in [2.24, 2.45) is 0 Å². The number of hydrogen-bond acceptors (Lipinski definition) is 13. The quantitative estimate of drug-likeness (QED) is 0.0870. The molecule has 0 N–H and O–H groups in total. The van der Waals surface area contributed by atoms with Crippen LogP contribution in [0.4, 0.5) is 0 Å². The molecule has 1 saturated heterocycles. The molecule has 236 valence electrons. The van der Waals surface area contributed by atoms with Crippen molar-refractivity contribution in [3.8, 4) is 0 Å². The minimum Gasteiger partial charge on any atom is -0.460 e. The maximum atomic E-state index is 11.8. The number of ether oxygens (including phenoxy) is 9. The highest BCUT2D eigenvalue weighted by Gasteiger charge is 2.43. The molecule has 1 aliphatic rings. The Kier molecular flexibility index (Phi) is 17.2. The van der Waals surface area contributed by atoms with Crippen molar-refractivity contribution >= 4 is 23.9 Å². The van der Waals surface area contributed by atoms with Crippen LogP contribution in [0.5, 0.6) is 0 Å². The molecule has 0 aromatic rings. The first-order valence-electron chi connectivity index (χ1n) is 13.2. The van der Waals surface area contributed by atoms with Crippen LogP contribution in [-0.4, -0.2) is 108 Å². The number of esters is 4. The van der Waals surface area contributed by atoms with Crippen LogP contribution in [0, 0.1) is 0 Å². The van der Waals surface area contributed by atoms with E-state index in [0.717, 1.165) is 0 Å². The van der Waals surface area contributed by atoms with Crippen LogP contribution in [0.3, 0.4) is 0 Å². The van der Waals surface area contributed by atoms with Crippen molar-refractivity contribution in [1.29, 1.82) is 0 Å². The largest absolute Gasteiger partial charge is 0.460 e. The summed E-state index contributed by atoms with van der Waals surface area (Å²) in [6.07, 6.45) is -3.50. The average Bonchev–Trinajstić information content (AvgIpc) is 2.93. The molecule has 4 atom stereocenters. The summed E-state index contributed by atoms with van der Waals surface area (Å²) in [5, 5.41) is 0. The van der Waals surface area contributed by atoms with Crippen molar-refractivity contribution < 1.29 is 61.8 Å². The third kappa shape index (κ3) is 14.0. The van der Waals surface area contributed by atoms with Crippen LogP contribution < -0.4 is 0 Å². The first-order chi connectivity index (χ1) is 19.8.